The highest BCUT2D eigenvalue weighted by molar-refractivity contribution is 7.21. The van der Waals surface area contributed by atoms with E-state index in [2.05, 4.69) is 0 Å². The molecule has 6 heteroatoms. The largest absolute Gasteiger partial charge is 0.397 e. The zero-order chi connectivity index (χ0) is 14.3. The van der Waals surface area contributed by atoms with Gasteiger partial charge in [0, 0.05) is 23.2 Å². The molecule has 0 bridgehead atoms. The van der Waals surface area contributed by atoms with Gasteiger partial charge in [-0.05, 0) is 19.1 Å². The number of halogens is 1. The van der Waals surface area contributed by atoms with Crippen molar-refractivity contribution in [2.75, 3.05) is 25.4 Å². The Labute approximate surface area is 126 Å². The lowest BCUT2D eigenvalue weighted by atomic mass is 10.2. The number of carbonyl (C=O) groups excluding carboxylic acids is 1. The summed E-state index contributed by atoms with van der Waals surface area (Å²) in [6.07, 6.45) is 0.0619. The molecule has 1 saturated heterocycles. The Morgan fingerprint density at radius 1 is 1.55 bits per heavy atom. The predicted octanol–water partition coefficient (Wildman–Crippen LogP) is 3.00. The third kappa shape index (κ3) is 2.26. The van der Waals surface area contributed by atoms with Crippen molar-refractivity contribution >= 4 is 44.6 Å². The highest BCUT2D eigenvalue weighted by Crippen LogP contribution is 2.38. The van der Waals surface area contributed by atoms with Crippen molar-refractivity contribution in [3.8, 4) is 0 Å². The van der Waals surface area contributed by atoms with E-state index in [9.17, 15) is 4.79 Å². The zero-order valence-corrected chi connectivity index (χ0v) is 12.6. The van der Waals surface area contributed by atoms with Gasteiger partial charge in [0.15, 0.2) is 0 Å². The van der Waals surface area contributed by atoms with Crippen LogP contribution in [0.4, 0.5) is 5.69 Å². The maximum atomic E-state index is 12.6. The van der Waals surface area contributed by atoms with Gasteiger partial charge in [-0.25, -0.2) is 0 Å². The summed E-state index contributed by atoms with van der Waals surface area (Å²) in [4.78, 5) is 15.0. The lowest BCUT2D eigenvalue weighted by molar-refractivity contribution is -0.0122. The van der Waals surface area contributed by atoms with Gasteiger partial charge in [0.25, 0.3) is 5.91 Å². The molecule has 1 atom stereocenters. The summed E-state index contributed by atoms with van der Waals surface area (Å²) in [6, 6.07) is 5.59. The van der Waals surface area contributed by atoms with E-state index in [1.54, 1.807) is 11.0 Å². The van der Waals surface area contributed by atoms with E-state index in [4.69, 9.17) is 22.1 Å². The van der Waals surface area contributed by atoms with Gasteiger partial charge in [0.2, 0.25) is 0 Å². The number of fused-ring (bicyclic) bond motifs is 1. The number of nitrogen functional groups attached to an aromatic ring is 1. The van der Waals surface area contributed by atoms with Crippen molar-refractivity contribution in [3.63, 3.8) is 0 Å². The van der Waals surface area contributed by atoms with Crippen LogP contribution in [0.5, 0.6) is 0 Å². The number of hydrogen-bond donors (Lipinski definition) is 1. The van der Waals surface area contributed by atoms with Crippen molar-refractivity contribution in [3.05, 3.63) is 28.1 Å². The van der Waals surface area contributed by atoms with E-state index in [0.29, 0.717) is 35.3 Å². The van der Waals surface area contributed by atoms with Crippen molar-refractivity contribution in [1.29, 1.82) is 0 Å². The van der Waals surface area contributed by atoms with Gasteiger partial charge in [-0.2, -0.15) is 0 Å². The second-order valence-corrected chi connectivity index (χ2v) is 6.35. The zero-order valence-electron chi connectivity index (χ0n) is 11.1. The highest BCUT2D eigenvalue weighted by Gasteiger charge is 2.26. The number of ether oxygens (including phenoxy) is 1. The number of carbonyl (C=O) groups is 1. The molecule has 0 aliphatic carbocycles. The minimum absolute atomic E-state index is 0.0325. The van der Waals surface area contributed by atoms with Crippen LogP contribution in [0.2, 0.25) is 5.02 Å². The number of nitrogens with two attached hydrogens (primary N) is 1. The first kappa shape index (κ1) is 13.7. The van der Waals surface area contributed by atoms with E-state index in [-0.39, 0.29) is 12.0 Å². The van der Waals surface area contributed by atoms with Crippen molar-refractivity contribution in [2.24, 2.45) is 0 Å². The van der Waals surface area contributed by atoms with Gasteiger partial charge in [-0.1, -0.05) is 17.7 Å². The van der Waals surface area contributed by atoms with Gasteiger partial charge in [0.1, 0.15) is 4.88 Å². The molecule has 2 aromatic rings. The van der Waals surface area contributed by atoms with E-state index in [1.165, 1.54) is 11.3 Å². The molecule has 20 heavy (non-hydrogen) atoms. The fraction of sp³-hybridized carbons (Fsp3) is 0.357. The molecule has 1 aromatic carbocycles. The van der Waals surface area contributed by atoms with E-state index < -0.39 is 0 Å². The SMILES string of the molecule is CC1CN(C(=O)c2sc3cccc(Cl)c3c2N)CCO1. The van der Waals surface area contributed by atoms with Crippen LogP contribution in [0.1, 0.15) is 16.6 Å². The summed E-state index contributed by atoms with van der Waals surface area (Å²) in [6.45, 7) is 3.73. The predicted molar refractivity (Wildman–Crippen MR) is 82.6 cm³/mol. The molecule has 0 radical (unpaired) electrons. The van der Waals surface area contributed by atoms with Gasteiger partial charge >= 0.3 is 0 Å². The molecule has 106 valence electrons. The van der Waals surface area contributed by atoms with Crippen molar-refractivity contribution < 1.29 is 9.53 Å². The third-order valence-electron chi connectivity index (χ3n) is 3.42. The van der Waals surface area contributed by atoms with Crippen molar-refractivity contribution in [1.82, 2.24) is 4.90 Å². The van der Waals surface area contributed by atoms with Crippen molar-refractivity contribution in [2.45, 2.75) is 13.0 Å². The molecule has 2 heterocycles. The smallest absolute Gasteiger partial charge is 0.266 e. The molecule has 1 aliphatic rings. The summed E-state index contributed by atoms with van der Waals surface area (Å²) in [5, 5.41) is 1.37. The standard InChI is InChI=1S/C14H15ClN2O2S/c1-8-7-17(5-6-19-8)14(18)13-12(16)11-9(15)3-2-4-10(11)20-13/h2-4,8H,5-7,16H2,1H3. The van der Waals surface area contributed by atoms with Gasteiger partial charge in [-0.15, -0.1) is 11.3 Å². The Kier molecular flexibility index (Phi) is 3.58. The number of thiophene rings is 1. The second-order valence-electron chi connectivity index (χ2n) is 4.89. The van der Waals surface area contributed by atoms with Crippen LogP contribution >= 0.6 is 22.9 Å². The summed E-state index contributed by atoms with van der Waals surface area (Å²) < 4.78 is 6.40. The molecule has 3 rings (SSSR count). The molecule has 0 spiro atoms. The Morgan fingerprint density at radius 2 is 2.35 bits per heavy atom. The van der Waals surface area contributed by atoms with Crippen LogP contribution in [0, 0.1) is 0 Å². The van der Waals surface area contributed by atoms with Crippen LogP contribution in [-0.4, -0.2) is 36.6 Å². The monoisotopic (exact) mass is 310 g/mol. The number of rotatable bonds is 1. The summed E-state index contributed by atoms with van der Waals surface area (Å²) >= 11 is 7.57. The number of nitrogens with zero attached hydrogens (tertiary/aromatic N) is 1. The summed E-state index contributed by atoms with van der Waals surface area (Å²) in [5.74, 6) is -0.0325. The number of anilines is 1. The molecule has 1 aliphatic heterocycles. The molecule has 1 aromatic heterocycles. The highest BCUT2D eigenvalue weighted by atomic mass is 35.5. The average Bonchev–Trinajstić information content (AvgIpc) is 2.76. The normalized spacial score (nSPS) is 19.5. The maximum absolute atomic E-state index is 12.6. The van der Waals surface area contributed by atoms with E-state index in [0.717, 1.165) is 10.1 Å². The Bertz CT molecular complexity index is 670. The Morgan fingerprint density at radius 3 is 3.05 bits per heavy atom. The minimum Gasteiger partial charge on any atom is -0.397 e. The molecule has 2 N–H and O–H groups in total. The molecule has 1 unspecified atom stereocenters. The Balaban J connectivity index is 1.99. The first-order valence-electron chi connectivity index (χ1n) is 6.45. The quantitative estimate of drug-likeness (QED) is 0.881. The molecule has 0 saturated carbocycles. The Hall–Kier alpha value is -1.30. The van der Waals surface area contributed by atoms with E-state index in [1.807, 2.05) is 19.1 Å². The first-order valence-corrected chi connectivity index (χ1v) is 7.64. The first-order chi connectivity index (χ1) is 9.58. The lowest BCUT2D eigenvalue weighted by Gasteiger charge is -2.30. The average molecular weight is 311 g/mol. The van der Waals surface area contributed by atoms with Gasteiger partial charge in [-0.3, -0.25) is 4.79 Å². The van der Waals surface area contributed by atoms with Crippen LogP contribution < -0.4 is 5.73 Å². The molecule has 4 nitrogen and oxygen atoms in total. The number of morpholine rings is 1. The van der Waals surface area contributed by atoms with Gasteiger partial charge < -0.3 is 15.4 Å². The minimum atomic E-state index is -0.0325. The van der Waals surface area contributed by atoms with Crippen LogP contribution in [-0.2, 0) is 4.74 Å². The molecular weight excluding hydrogens is 296 g/mol. The topological polar surface area (TPSA) is 55.6 Å². The second kappa shape index (κ2) is 5.24. The number of amides is 1. The third-order valence-corrected chi connectivity index (χ3v) is 4.90. The molecular formula is C14H15ClN2O2S. The molecule has 1 fully saturated rings. The van der Waals surface area contributed by atoms with Crippen LogP contribution in [0.3, 0.4) is 0 Å². The molecule has 1 amide bonds. The lowest BCUT2D eigenvalue weighted by Crippen LogP contribution is -2.44. The fourth-order valence-corrected chi connectivity index (χ4v) is 3.88. The number of hydrogen-bond acceptors (Lipinski definition) is 4. The van der Waals surface area contributed by atoms with E-state index >= 15 is 0 Å². The summed E-state index contributed by atoms with van der Waals surface area (Å²) in [7, 11) is 0. The number of benzene rings is 1. The summed E-state index contributed by atoms with van der Waals surface area (Å²) in [5.41, 5.74) is 6.62. The van der Waals surface area contributed by atoms with Crippen LogP contribution in [0.25, 0.3) is 10.1 Å². The fourth-order valence-electron chi connectivity index (χ4n) is 2.43. The maximum Gasteiger partial charge on any atom is 0.266 e. The van der Waals surface area contributed by atoms with Gasteiger partial charge in [0.05, 0.1) is 23.4 Å². The van der Waals surface area contributed by atoms with Crippen LogP contribution in [0.15, 0.2) is 18.2 Å².